The molecule has 0 spiro atoms. The number of hydrogen-bond acceptors (Lipinski definition) is 5. The maximum atomic E-state index is 4.34. The molecule has 0 saturated carbocycles. The van der Waals surface area contributed by atoms with Crippen LogP contribution in [-0.4, -0.2) is 21.4 Å². The molecule has 0 aliphatic heterocycles. The van der Waals surface area contributed by atoms with Gasteiger partial charge in [-0.2, -0.15) is 0 Å². The summed E-state index contributed by atoms with van der Waals surface area (Å²) in [5.74, 6) is 1.57. The van der Waals surface area contributed by atoms with Crippen LogP contribution in [0.15, 0.2) is 18.3 Å². The van der Waals surface area contributed by atoms with Crippen LogP contribution in [0.5, 0.6) is 0 Å². The van der Waals surface area contributed by atoms with E-state index < -0.39 is 0 Å². The summed E-state index contributed by atoms with van der Waals surface area (Å²) >= 11 is 1.40. The van der Waals surface area contributed by atoms with E-state index in [1.807, 2.05) is 26.1 Å². The molecule has 0 saturated heterocycles. The van der Waals surface area contributed by atoms with Crippen molar-refractivity contribution in [3.63, 3.8) is 0 Å². The van der Waals surface area contributed by atoms with Crippen LogP contribution >= 0.6 is 11.5 Å². The van der Waals surface area contributed by atoms with Gasteiger partial charge in [0, 0.05) is 25.0 Å². The minimum absolute atomic E-state index is 0.733. The highest BCUT2D eigenvalue weighted by molar-refractivity contribution is 7.09. The first-order valence-electron chi connectivity index (χ1n) is 4.24. The van der Waals surface area contributed by atoms with Crippen LogP contribution in [0.1, 0.15) is 5.69 Å². The fraction of sp³-hybridized carbons (Fsp3) is 0.222. The molecule has 0 aliphatic rings. The summed E-state index contributed by atoms with van der Waals surface area (Å²) in [5, 5.41) is 3.00. The molecule has 2 heterocycles. The zero-order valence-corrected chi connectivity index (χ0v) is 8.80. The molecular formula is C9H10N4S. The van der Waals surface area contributed by atoms with E-state index in [4.69, 9.17) is 0 Å². The van der Waals surface area contributed by atoms with Crippen molar-refractivity contribution in [2.75, 3.05) is 12.4 Å². The van der Waals surface area contributed by atoms with Crippen LogP contribution in [0.3, 0.4) is 0 Å². The number of nitrogens with zero attached hydrogens (tertiary/aromatic N) is 3. The van der Waals surface area contributed by atoms with E-state index in [1.54, 1.807) is 6.20 Å². The van der Waals surface area contributed by atoms with E-state index >= 15 is 0 Å². The largest absolute Gasteiger partial charge is 0.373 e. The Hall–Kier alpha value is -1.49. The second-order valence-corrected chi connectivity index (χ2v) is 3.68. The maximum Gasteiger partial charge on any atom is 0.173 e. The van der Waals surface area contributed by atoms with Crippen LogP contribution in [0.4, 0.5) is 5.82 Å². The van der Waals surface area contributed by atoms with Gasteiger partial charge in [0.1, 0.15) is 5.82 Å². The maximum absolute atomic E-state index is 4.34. The second kappa shape index (κ2) is 3.71. The highest BCUT2D eigenvalue weighted by Gasteiger charge is 2.05. The van der Waals surface area contributed by atoms with Gasteiger partial charge in [-0.1, -0.05) is 0 Å². The lowest BCUT2D eigenvalue weighted by Crippen LogP contribution is -1.97. The first-order chi connectivity index (χ1) is 6.79. The van der Waals surface area contributed by atoms with Crippen molar-refractivity contribution in [2.24, 2.45) is 0 Å². The average molecular weight is 206 g/mol. The highest BCUT2D eigenvalue weighted by Crippen LogP contribution is 2.20. The van der Waals surface area contributed by atoms with Gasteiger partial charge in [0.05, 0.1) is 4.88 Å². The molecule has 0 radical (unpaired) electrons. The summed E-state index contributed by atoms with van der Waals surface area (Å²) in [4.78, 5) is 9.68. The summed E-state index contributed by atoms with van der Waals surface area (Å²) < 4.78 is 4.02. The fourth-order valence-electron chi connectivity index (χ4n) is 1.14. The van der Waals surface area contributed by atoms with E-state index in [-0.39, 0.29) is 0 Å². The number of rotatable bonds is 2. The van der Waals surface area contributed by atoms with Crippen molar-refractivity contribution in [1.82, 2.24) is 14.3 Å². The summed E-state index contributed by atoms with van der Waals surface area (Å²) in [5.41, 5.74) is 0.952. The number of aromatic nitrogens is 3. The molecular weight excluding hydrogens is 196 g/mol. The minimum atomic E-state index is 0.733. The quantitative estimate of drug-likeness (QED) is 0.816. The van der Waals surface area contributed by atoms with Crippen molar-refractivity contribution in [3.05, 3.63) is 24.0 Å². The molecule has 2 aromatic rings. The topological polar surface area (TPSA) is 50.7 Å². The molecule has 2 aromatic heterocycles. The van der Waals surface area contributed by atoms with Crippen LogP contribution in [-0.2, 0) is 0 Å². The lowest BCUT2D eigenvalue weighted by molar-refractivity contribution is 1.11. The average Bonchev–Trinajstić information content (AvgIpc) is 2.69. The summed E-state index contributed by atoms with van der Waals surface area (Å²) in [6, 6.07) is 3.82. The molecule has 0 atom stereocenters. The van der Waals surface area contributed by atoms with Gasteiger partial charge in [-0.25, -0.2) is 14.3 Å². The lowest BCUT2D eigenvalue weighted by Gasteiger charge is -2.02. The van der Waals surface area contributed by atoms with Crippen LogP contribution in [0.25, 0.3) is 10.7 Å². The Balaban J connectivity index is 2.48. The van der Waals surface area contributed by atoms with Gasteiger partial charge in [0.15, 0.2) is 5.82 Å². The number of nitrogens with one attached hydrogen (secondary N) is 1. The van der Waals surface area contributed by atoms with Crippen LogP contribution < -0.4 is 5.32 Å². The third-order valence-electron chi connectivity index (χ3n) is 1.77. The highest BCUT2D eigenvalue weighted by atomic mass is 32.1. The Bertz CT molecular complexity index is 424. The van der Waals surface area contributed by atoms with E-state index in [0.717, 1.165) is 22.2 Å². The van der Waals surface area contributed by atoms with Crippen molar-refractivity contribution in [1.29, 1.82) is 0 Å². The van der Waals surface area contributed by atoms with Crippen LogP contribution in [0.2, 0.25) is 0 Å². The Labute approximate surface area is 86.2 Å². The van der Waals surface area contributed by atoms with Gasteiger partial charge in [0.25, 0.3) is 0 Å². The molecule has 5 heteroatoms. The van der Waals surface area contributed by atoms with E-state index in [0.29, 0.717) is 0 Å². The van der Waals surface area contributed by atoms with Crippen LogP contribution in [0, 0.1) is 6.92 Å². The molecule has 0 aromatic carbocycles. The molecule has 0 aliphatic carbocycles. The fourth-order valence-corrected chi connectivity index (χ4v) is 1.67. The van der Waals surface area contributed by atoms with Crippen molar-refractivity contribution < 1.29 is 0 Å². The van der Waals surface area contributed by atoms with Crippen molar-refractivity contribution >= 4 is 17.4 Å². The summed E-state index contributed by atoms with van der Waals surface area (Å²) in [6.07, 6.45) is 1.75. The molecule has 0 unspecified atom stereocenters. The van der Waals surface area contributed by atoms with Gasteiger partial charge in [-0.3, -0.25) is 0 Å². The molecule has 72 valence electrons. The first-order valence-corrected chi connectivity index (χ1v) is 5.01. The lowest BCUT2D eigenvalue weighted by atomic mass is 10.4. The Morgan fingerprint density at radius 3 is 2.86 bits per heavy atom. The Morgan fingerprint density at radius 1 is 1.36 bits per heavy atom. The molecule has 1 N–H and O–H groups in total. The first kappa shape index (κ1) is 9.08. The summed E-state index contributed by atoms with van der Waals surface area (Å²) in [6.45, 7) is 1.95. The number of aryl methyl sites for hydroxylation is 1. The van der Waals surface area contributed by atoms with E-state index in [2.05, 4.69) is 19.7 Å². The van der Waals surface area contributed by atoms with Gasteiger partial charge >= 0.3 is 0 Å². The van der Waals surface area contributed by atoms with Crippen molar-refractivity contribution in [3.8, 4) is 10.7 Å². The molecule has 0 fully saturated rings. The SMILES string of the molecule is CNc1cc(C)nc(-c2ccns2)n1. The smallest absolute Gasteiger partial charge is 0.173 e. The van der Waals surface area contributed by atoms with Gasteiger partial charge in [-0.05, 0) is 24.5 Å². The molecule has 4 nitrogen and oxygen atoms in total. The third kappa shape index (κ3) is 1.72. The zero-order chi connectivity index (χ0) is 9.97. The molecule has 0 amide bonds. The van der Waals surface area contributed by atoms with Crippen molar-refractivity contribution in [2.45, 2.75) is 6.92 Å². The second-order valence-electron chi connectivity index (χ2n) is 2.84. The normalized spacial score (nSPS) is 10.1. The third-order valence-corrected chi connectivity index (χ3v) is 2.51. The van der Waals surface area contributed by atoms with Gasteiger partial charge < -0.3 is 5.32 Å². The van der Waals surface area contributed by atoms with E-state index in [9.17, 15) is 0 Å². The molecule has 2 rings (SSSR count). The monoisotopic (exact) mass is 206 g/mol. The minimum Gasteiger partial charge on any atom is -0.373 e. The number of hydrogen-bond donors (Lipinski definition) is 1. The van der Waals surface area contributed by atoms with Gasteiger partial charge in [0.2, 0.25) is 0 Å². The summed E-state index contributed by atoms with van der Waals surface area (Å²) in [7, 11) is 1.85. The Morgan fingerprint density at radius 2 is 2.21 bits per heavy atom. The van der Waals surface area contributed by atoms with Gasteiger partial charge in [-0.15, -0.1) is 0 Å². The van der Waals surface area contributed by atoms with E-state index in [1.165, 1.54) is 11.5 Å². The zero-order valence-electron chi connectivity index (χ0n) is 7.98. The Kier molecular flexibility index (Phi) is 2.41. The predicted molar refractivity (Wildman–Crippen MR) is 57.4 cm³/mol. The standard InChI is InChI=1S/C9H10N4S/c1-6-5-8(10-2)13-9(12-6)7-3-4-11-14-7/h3-5H,1-2H3,(H,10,12,13). The molecule has 0 bridgehead atoms. The molecule has 14 heavy (non-hydrogen) atoms. The predicted octanol–water partition coefficient (Wildman–Crippen LogP) is 1.95. The number of anilines is 1.